The van der Waals surface area contributed by atoms with Gasteiger partial charge in [0, 0.05) is 35.8 Å². The molecule has 2 heterocycles. The second-order valence-electron chi connectivity index (χ2n) is 8.06. The number of carbonyl (C=O) groups excluding carboxylic acids is 2. The maximum atomic E-state index is 13.0. The van der Waals surface area contributed by atoms with Crippen LogP contribution in [-0.2, 0) is 16.1 Å². The van der Waals surface area contributed by atoms with Crippen LogP contribution in [0.15, 0.2) is 61.2 Å². The van der Waals surface area contributed by atoms with E-state index in [1.54, 1.807) is 40.3 Å². The predicted molar refractivity (Wildman–Crippen MR) is 124 cm³/mol. The summed E-state index contributed by atoms with van der Waals surface area (Å²) in [6.07, 6.45) is 2.08. The normalized spacial score (nSPS) is 16.1. The lowest BCUT2D eigenvalue weighted by molar-refractivity contribution is -0.274. The van der Waals surface area contributed by atoms with Crippen molar-refractivity contribution in [3.05, 3.63) is 66.2 Å². The minimum absolute atomic E-state index is 0.0870. The van der Waals surface area contributed by atoms with Gasteiger partial charge in [0.1, 0.15) is 18.3 Å². The zero-order valence-electron chi connectivity index (χ0n) is 18.5. The SMILES string of the molecule is O=C(Nc1ccc(-c2ccccc2OC(F)(F)F)c(Cl)c1)C1CCCCN1C(=O)Cn1ccnc1. The largest absolute Gasteiger partial charge is 0.573 e. The van der Waals surface area contributed by atoms with E-state index in [2.05, 4.69) is 15.0 Å². The summed E-state index contributed by atoms with van der Waals surface area (Å²) in [5, 5.41) is 2.92. The van der Waals surface area contributed by atoms with Crippen LogP contribution in [0.3, 0.4) is 0 Å². The molecule has 35 heavy (non-hydrogen) atoms. The Morgan fingerprint density at radius 2 is 1.94 bits per heavy atom. The molecule has 1 saturated heterocycles. The topological polar surface area (TPSA) is 76.5 Å². The van der Waals surface area contributed by atoms with Gasteiger partial charge in [0.05, 0.1) is 11.3 Å². The molecule has 3 aromatic rings. The number of hydrogen-bond donors (Lipinski definition) is 1. The molecular weight excluding hydrogens is 485 g/mol. The molecule has 7 nitrogen and oxygen atoms in total. The van der Waals surface area contributed by atoms with Crippen molar-refractivity contribution in [2.45, 2.75) is 38.2 Å². The number of amides is 2. The molecule has 2 amide bonds. The van der Waals surface area contributed by atoms with E-state index in [4.69, 9.17) is 11.6 Å². The molecule has 1 N–H and O–H groups in total. The van der Waals surface area contributed by atoms with E-state index in [9.17, 15) is 22.8 Å². The smallest absolute Gasteiger partial charge is 0.405 e. The monoisotopic (exact) mass is 506 g/mol. The van der Waals surface area contributed by atoms with Crippen LogP contribution in [0.5, 0.6) is 5.75 Å². The summed E-state index contributed by atoms with van der Waals surface area (Å²) in [5.41, 5.74) is 0.848. The van der Waals surface area contributed by atoms with Crippen molar-refractivity contribution in [3.63, 3.8) is 0 Å². The van der Waals surface area contributed by atoms with E-state index < -0.39 is 12.4 Å². The number of nitrogens with zero attached hydrogens (tertiary/aromatic N) is 3. The van der Waals surface area contributed by atoms with Crippen molar-refractivity contribution in [3.8, 4) is 16.9 Å². The maximum absolute atomic E-state index is 13.0. The Hall–Kier alpha value is -3.53. The van der Waals surface area contributed by atoms with Crippen LogP contribution in [0, 0.1) is 0 Å². The highest BCUT2D eigenvalue weighted by Crippen LogP contribution is 2.38. The average molecular weight is 507 g/mol. The van der Waals surface area contributed by atoms with Crippen LogP contribution in [0.25, 0.3) is 11.1 Å². The number of anilines is 1. The van der Waals surface area contributed by atoms with Crippen LogP contribution in [-0.4, -0.2) is 45.2 Å². The lowest BCUT2D eigenvalue weighted by atomic mass is 10.0. The summed E-state index contributed by atoms with van der Waals surface area (Å²) in [6, 6.07) is 9.54. The van der Waals surface area contributed by atoms with Crippen LogP contribution >= 0.6 is 11.6 Å². The van der Waals surface area contributed by atoms with Gasteiger partial charge in [-0.3, -0.25) is 9.59 Å². The highest BCUT2D eigenvalue weighted by molar-refractivity contribution is 6.33. The number of ether oxygens (including phenoxy) is 1. The molecule has 2 aromatic carbocycles. The third-order valence-corrected chi connectivity index (χ3v) is 5.96. The summed E-state index contributed by atoms with van der Waals surface area (Å²) in [7, 11) is 0. The minimum Gasteiger partial charge on any atom is -0.405 e. The van der Waals surface area contributed by atoms with Gasteiger partial charge in [-0.2, -0.15) is 0 Å². The molecule has 0 saturated carbocycles. The summed E-state index contributed by atoms with van der Waals surface area (Å²) in [5.74, 6) is -0.918. The van der Waals surface area contributed by atoms with Crippen molar-refractivity contribution in [1.29, 1.82) is 0 Å². The van der Waals surface area contributed by atoms with E-state index in [-0.39, 0.29) is 34.7 Å². The van der Waals surface area contributed by atoms with Crippen LogP contribution in [0.1, 0.15) is 19.3 Å². The zero-order chi connectivity index (χ0) is 25.0. The van der Waals surface area contributed by atoms with Gasteiger partial charge in [0.25, 0.3) is 0 Å². The van der Waals surface area contributed by atoms with Crippen LogP contribution in [0.4, 0.5) is 18.9 Å². The number of likely N-dealkylation sites (tertiary alicyclic amines) is 1. The standard InChI is InChI=1S/C24H22ClF3N4O3/c25-19-13-16(8-9-17(19)18-5-1-2-7-21(18)35-24(26,27)28)30-23(34)20-6-3-4-11-32(20)22(33)14-31-12-10-29-15-31/h1-2,5,7-10,12-13,15,20H,3-4,6,11,14H2,(H,30,34). The van der Waals surface area contributed by atoms with Gasteiger partial charge in [-0.25, -0.2) is 4.98 Å². The van der Waals surface area contributed by atoms with E-state index in [0.29, 0.717) is 24.2 Å². The fourth-order valence-corrected chi connectivity index (χ4v) is 4.35. The molecule has 0 radical (unpaired) electrons. The van der Waals surface area contributed by atoms with Crippen molar-refractivity contribution in [1.82, 2.24) is 14.5 Å². The highest BCUT2D eigenvalue weighted by atomic mass is 35.5. The zero-order valence-corrected chi connectivity index (χ0v) is 19.2. The average Bonchev–Trinajstić information content (AvgIpc) is 3.32. The van der Waals surface area contributed by atoms with E-state index in [1.165, 1.54) is 30.3 Å². The fraction of sp³-hybridized carbons (Fsp3) is 0.292. The molecule has 1 fully saturated rings. The van der Waals surface area contributed by atoms with Gasteiger partial charge in [-0.15, -0.1) is 13.2 Å². The van der Waals surface area contributed by atoms with Crippen molar-refractivity contribution >= 4 is 29.1 Å². The molecule has 1 unspecified atom stereocenters. The number of carbonyl (C=O) groups is 2. The number of para-hydroxylation sites is 1. The van der Waals surface area contributed by atoms with Crippen LogP contribution < -0.4 is 10.1 Å². The fourth-order valence-electron chi connectivity index (χ4n) is 4.07. The first-order chi connectivity index (χ1) is 16.7. The Balaban J connectivity index is 1.49. The first kappa shape index (κ1) is 24.6. The van der Waals surface area contributed by atoms with Crippen molar-refractivity contribution < 1.29 is 27.5 Å². The quantitative estimate of drug-likeness (QED) is 0.503. The first-order valence-corrected chi connectivity index (χ1v) is 11.3. The van der Waals surface area contributed by atoms with Gasteiger partial charge >= 0.3 is 6.36 Å². The summed E-state index contributed by atoms with van der Waals surface area (Å²) >= 11 is 6.37. The van der Waals surface area contributed by atoms with E-state index in [1.807, 2.05) is 0 Å². The van der Waals surface area contributed by atoms with E-state index >= 15 is 0 Å². The maximum Gasteiger partial charge on any atom is 0.573 e. The summed E-state index contributed by atoms with van der Waals surface area (Å²) in [6.45, 7) is 0.561. The number of hydrogen-bond acceptors (Lipinski definition) is 4. The number of imidazole rings is 1. The van der Waals surface area contributed by atoms with Gasteiger partial charge in [0.2, 0.25) is 11.8 Å². The lowest BCUT2D eigenvalue weighted by Crippen LogP contribution is -2.50. The number of piperidine rings is 1. The van der Waals surface area contributed by atoms with Crippen molar-refractivity contribution in [2.75, 3.05) is 11.9 Å². The van der Waals surface area contributed by atoms with Gasteiger partial charge in [-0.05, 0) is 37.5 Å². The Morgan fingerprint density at radius 3 is 2.66 bits per heavy atom. The molecule has 1 atom stereocenters. The predicted octanol–water partition coefficient (Wildman–Crippen LogP) is 5.12. The van der Waals surface area contributed by atoms with Crippen molar-refractivity contribution in [2.24, 2.45) is 0 Å². The molecule has 0 spiro atoms. The van der Waals surface area contributed by atoms with Crippen LogP contribution in [0.2, 0.25) is 5.02 Å². The highest BCUT2D eigenvalue weighted by Gasteiger charge is 2.33. The lowest BCUT2D eigenvalue weighted by Gasteiger charge is -2.34. The third-order valence-electron chi connectivity index (χ3n) is 5.64. The third kappa shape index (κ3) is 6.13. The molecular formula is C24H22ClF3N4O3. The minimum atomic E-state index is -4.85. The van der Waals surface area contributed by atoms with Gasteiger partial charge < -0.3 is 19.5 Å². The Bertz CT molecular complexity index is 1200. The molecule has 184 valence electrons. The molecule has 1 aromatic heterocycles. The number of alkyl halides is 3. The van der Waals surface area contributed by atoms with Gasteiger partial charge in [0.15, 0.2) is 0 Å². The first-order valence-electron chi connectivity index (χ1n) is 10.9. The molecule has 4 rings (SSSR count). The van der Waals surface area contributed by atoms with E-state index in [0.717, 1.165) is 12.8 Å². The number of benzene rings is 2. The number of rotatable bonds is 6. The Morgan fingerprint density at radius 1 is 1.14 bits per heavy atom. The van der Waals surface area contributed by atoms with Gasteiger partial charge in [-0.1, -0.05) is 35.9 Å². The molecule has 11 heteroatoms. The summed E-state index contributed by atoms with van der Waals surface area (Å²) in [4.78, 5) is 31.3. The Kier molecular flexibility index (Phi) is 7.30. The second-order valence-corrected chi connectivity index (χ2v) is 8.47. The number of nitrogens with one attached hydrogen (secondary N) is 1. The second kappa shape index (κ2) is 10.4. The molecule has 1 aliphatic heterocycles. The number of halogens is 4. The molecule has 0 bridgehead atoms. The molecule has 1 aliphatic rings. The number of aromatic nitrogens is 2. The Labute approximate surface area is 204 Å². The molecule has 0 aliphatic carbocycles. The summed E-state index contributed by atoms with van der Waals surface area (Å²) < 4.78 is 44.1.